The molecule has 8 aromatic carbocycles. The normalized spacial score (nSPS) is 11.9. The maximum atomic E-state index is 13.3. The number of aromatic amines is 4. The Morgan fingerprint density at radius 1 is 0.304 bits per heavy atom. The molecule has 8 heterocycles. The Labute approximate surface area is 701 Å². The summed E-state index contributed by atoms with van der Waals surface area (Å²) in [5.74, 6) is 0.456. The van der Waals surface area contributed by atoms with Crippen molar-refractivity contribution in [3.63, 3.8) is 0 Å². The van der Waals surface area contributed by atoms with Gasteiger partial charge >= 0.3 is 41.3 Å². The molecule has 0 radical (unpaired) electrons. The van der Waals surface area contributed by atoms with Crippen molar-refractivity contribution in [2.45, 2.75) is 126 Å². The monoisotopic (exact) mass is 1720 g/mol. The minimum absolute atomic E-state index is 0.0101. The van der Waals surface area contributed by atoms with Crippen LogP contribution in [0.1, 0.15) is 83.5 Å². The van der Waals surface area contributed by atoms with Crippen molar-refractivity contribution in [3.05, 3.63) is 318 Å². The number of hydrogen-bond acceptors (Lipinski definition) is 20. The average molecular weight is 1720 g/mol. The van der Waals surface area contributed by atoms with Crippen molar-refractivity contribution in [2.24, 2.45) is 0 Å². The van der Waals surface area contributed by atoms with E-state index in [-0.39, 0.29) is 83.6 Å². The van der Waals surface area contributed by atoms with E-state index in [4.69, 9.17) is 0 Å². The van der Waals surface area contributed by atoms with Gasteiger partial charge in [0.15, 0.2) is 46.1 Å². The second-order valence-corrected chi connectivity index (χ2v) is 29.8. The van der Waals surface area contributed by atoms with E-state index < -0.39 is 80.2 Å². The molecule has 0 bridgehead atoms. The fraction of sp³-hybridized carbons (Fsp3) is 0.264. The van der Waals surface area contributed by atoms with Crippen LogP contribution in [0.15, 0.2) is 184 Å². The van der Waals surface area contributed by atoms with E-state index in [1.165, 1.54) is 42.5 Å². The third-order valence-electron chi connectivity index (χ3n) is 21.0. The number of alkyl halides is 9. The van der Waals surface area contributed by atoms with Crippen LogP contribution in [0.25, 0.3) is 90.2 Å². The number of nitrogens with zero attached hydrogens (tertiary/aromatic N) is 12. The van der Waals surface area contributed by atoms with Gasteiger partial charge in [0.2, 0.25) is 0 Å². The fourth-order valence-corrected chi connectivity index (χ4v) is 14.1. The minimum Gasteiger partial charge on any atom is -0.321 e. The Bertz CT molecular complexity index is 7140. The van der Waals surface area contributed by atoms with Gasteiger partial charge < -0.3 is 39.5 Å². The van der Waals surface area contributed by atoms with Crippen LogP contribution in [-0.2, 0) is 70.9 Å². The molecule has 0 unspecified atom stereocenters. The summed E-state index contributed by atoms with van der Waals surface area (Å²) in [5.41, 5.74) is 8.47. The molecular formula is C87H80F10N20O8. The largest absolute Gasteiger partial charge is 0.416 e. The zero-order valence-electron chi connectivity index (χ0n) is 68.3. The average Bonchev–Trinajstić information content (AvgIpc) is 0.768. The number of H-pyrrole nitrogens is 4. The van der Waals surface area contributed by atoms with Crippen molar-refractivity contribution in [2.75, 3.05) is 26.2 Å². The molecule has 8 aromatic rings. The Hall–Kier alpha value is -14.0. The molecule has 125 heavy (non-hydrogen) atoms. The van der Waals surface area contributed by atoms with Crippen LogP contribution in [0.5, 0.6) is 0 Å². The molecule has 0 saturated carbocycles. The van der Waals surface area contributed by atoms with Gasteiger partial charge in [0.05, 0.1) is 60.8 Å². The van der Waals surface area contributed by atoms with Crippen LogP contribution in [0, 0.1) is 61.2 Å². The zero-order chi connectivity index (χ0) is 89.7. The highest BCUT2D eigenvalue weighted by atomic mass is 19.4. The van der Waals surface area contributed by atoms with Gasteiger partial charge in [-0.3, -0.25) is 39.1 Å². The second kappa shape index (κ2) is 37.0. The number of aryl methyl sites for hydroxylation is 8. The van der Waals surface area contributed by atoms with E-state index in [1.807, 2.05) is 115 Å². The lowest BCUT2D eigenvalue weighted by Gasteiger charge is -2.18. The molecule has 646 valence electrons. The quantitative estimate of drug-likeness (QED) is 0.0200. The van der Waals surface area contributed by atoms with Gasteiger partial charge in [-0.15, -0.1) is 0 Å². The SMILES string of the molecule is Cc1cc2nc3c(=O)[nH]c(=O)nc-3n(CCNCc3ccc(C(F)(F)F)cc3)c2cc1C.Cc1cc2nc3c(=O)[nH]c(=O)nc-3n(CCNCc3cccc(C(F)(F)F)c3)c2cc1C.Cc1cc2nc3c(=O)[nH]c(=O)nc-3n(CCNCc3cccc(F)c3)c2cc1C.Cc1cc2nc3c(=O)[nH]c(=O)nc-3n(CCNCc3ccccc3C(F)(F)F)c2cc1C. The maximum absolute atomic E-state index is 13.3. The third-order valence-corrected chi connectivity index (χ3v) is 21.0. The lowest BCUT2D eigenvalue weighted by molar-refractivity contribution is -0.138. The lowest BCUT2D eigenvalue weighted by atomic mass is 10.1. The number of aromatic nitrogens is 16. The predicted octanol–water partition coefficient (Wildman–Crippen LogP) is 11.2. The molecular weight excluding hydrogens is 1640 g/mol. The van der Waals surface area contributed by atoms with Crippen molar-refractivity contribution < 1.29 is 43.9 Å². The summed E-state index contributed by atoms with van der Waals surface area (Å²) in [4.78, 5) is 138. The molecule has 0 amide bonds. The molecule has 8 aliphatic rings. The van der Waals surface area contributed by atoms with Gasteiger partial charge in [-0.05, 0) is 207 Å². The molecule has 28 nitrogen and oxygen atoms in total. The molecule has 0 aromatic heterocycles. The number of halogens is 10. The van der Waals surface area contributed by atoms with E-state index in [2.05, 4.69) is 81.1 Å². The van der Waals surface area contributed by atoms with Gasteiger partial charge in [-0.1, -0.05) is 60.7 Å². The van der Waals surface area contributed by atoms with Crippen LogP contribution >= 0.6 is 0 Å². The van der Waals surface area contributed by atoms with Crippen LogP contribution in [0.3, 0.4) is 0 Å². The second-order valence-electron chi connectivity index (χ2n) is 29.8. The van der Waals surface area contributed by atoms with Crippen molar-refractivity contribution in [1.82, 2.24) is 99.3 Å². The number of rotatable bonds is 20. The number of fused-ring (bicyclic) bond motifs is 8. The topological polar surface area (TPSA) is 371 Å². The molecule has 38 heteroatoms. The first-order valence-electron chi connectivity index (χ1n) is 39.1. The first-order chi connectivity index (χ1) is 59.3. The molecule has 0 spiro atoms. The number of hydrogen-bond donors (Lipinski definition) is 8. The van der Waals surface area contributed by atoms with Gasteiger partial charge in [-0.2, -0.15) is 59.4 Å². The highest BCUT2D eigenvalue weighted by Gasteiger charge is 2.34. The zero-order valence-corrected chi connectivity index (χ0v) is 68.3. The maximum Gasteiger partial charge on any atom is 0.416 e. The fourth-order valence-electron chi connectivity index (χ4n) is 14.1. The Morgan fingerprint density at radius 3 is 0.936 bits per heavy atom. The summed E-state index contributed by atoms with van der Waals surface area (Å²) in [6.45, 7) is 19.7. The van der Waals surface area contributed by atoms with Crippen molar-refractivity contribution in [1.29, 1.82) is 0 Å². The minimum atomic E-state index is -4.44. The summed E-state index contributed by atoms with van der Waals surface area (Å²) in [5, 5.41) is 12.6. The standard InChI is InChI=1S/3C22H20F3N5O2.C21H20FN5O2/c1-12-9-16-17(10-13(12)2)30(19-18(27-16)20(31)29-21(32)28-19)8-7-26-11-14-3-5-15(6-4-14)22(23,24)25;1-12-8-16-17(9-13(12)2)30(19-18(27-16)20(31)29-21(32)28-19)7-6-26-11-14-4-3-5-15(10-14)22(23,24)25;1-12-9-16-17(10-13(12)2)30(19-18(27-16)20(31)29-21(32)28-19)8-7-26-11-14-5-3-4-6-15(14)22(23,24)25;1-12-8-16-17(9-13(12)2)27(19-18(24-16)20(28)26-21(29)25-19)7-6-23-11-14-4-3-5-15(22)10-14/h3-6,9-10,26H,7-8,11H2,1-2H3,(H,29,31,32);3-5,8-10,26H,6-7,11H2,1-2H3,(H,29,31,32);3-6,9-10,26H,7-8,11H2,1-2H3,(H,29,31,32);3-5,8-10,23H,6-7,11H2,1-2H3,(H,26,28,29). The van der Waals surface area contributed by atoms with Gasteiger partial charge in [0.25, 0.3) is 22.2 Å². The van der Waals surface area contributed by atoms with E-state index >= 15 is 0 Å². The first-order valence-corrected chi connectivity index (χ1v) is 39.1. The highest BCUT2D eigenvalue weighted by Crippen LogP contribution is 2.35. The van der Waals surface area contributed by atoms with Gasteiger partial charge in [0, 0.05) is 78.5 Å². The van der Waals surface area contributed by atoms with E-state index in [0.717, 1.165) is 91.4 Å². The third kappa shape index (κ3) is 20.7. The molecule has 0 aliphatic carbocycles. The van der Waals surface area contributed by atoms with Crippen molar-refractivity contribution in [3.8, 4) is 46.1 Å². The van der Waals surface area contributed by atoms with E-state index in [9.17, 15) is 82.3 Å². The van der Waals surface area contributed by atoms with Crippen LogP contribution in [0.2, 0.25) is 0 Å². The van der Waals surface area contributed by atoms with Crippen LogP contribution in [-0.4, -0.2) is 104 Å². The summed E-state index contributed by atoms with van der Waals surface area (Å²) < 4.78 is 137. The van der Waals surface area contributed by atoms with Crippen LogP contribution in [0.4, 0.5) is 43.9 Å². The molecule has 16 rings (SSSR count). The van der Waals surface area contributed by atoms with Crippen molar-refractivity contribution >= 4 is 44.1 Å². The van der Waals surface area contributed by atoms with E-state index in [0.29, 0.717) is 96.6 Å². The van der Waals surface area contributed by atoms with E-state index in [1.54, 1.807) is 31.9 Å². The molecule has 8 aliphatic heterocycles. The Balaban J connectivity index is 0.000000143. The smallest absolute Gasteiger partial charge is 0.321 e. The lowest BCUT2D eigenvalue weighted by Crippen LogP contribution is -2.30. The number of benzene rings is 8. The summed E-state index contributed by atoms with van der Waals surface area (Å²) in [6.07, 6.45) is -13.2. The Kier molecular flexibility index (Phi) is 26.3. The Morgan fingerprint density at radius 2 is 0.608 bits per heavy atom. The predicted molar refractivity (Wildman–Crippen MR) is 450 cm³/mol. The summed E-state index contributed by atoms with van der Waals surface area (Å²) in [6, 6.07) is 37.1. The summed E-state index contributed by atoms with van der Waals surface area (Å²) in [7, 11) is 0. The number of nitrogens with one attached hydrogen (secondary N) is 8. The molecule has 8 N–H and O–H groups in total. The van der Waals surface area contributed by atoms with Crippen LogP contribution < -0.4 is 66.3 Å². The first kappa shape index (κ1) is 88.8. The summed E-state index contributed by atoms with van der Waals surface area (Å²) >= 11 is 0. The molecule has 0 fully saturated rings. The van der Waals surface area contributed by atoms with Gasteiger partial charge in [-0.25, -0.2) is 43.5 Å². The molecule has 0 atom stereocenters. The van der Waals surface area contributed by atoms with Gasteiger partial charge in [0.1, 0.15) is 5.82 Å². The highest BCUT2D eigenvalue weighted by molar-refractivity contribution is 5.84. The molecule has 0 saturated heterocycles.